The van der Waals surface area contributed by atoms with E-state index >= 15 is 0 Å². The number of alkyl halides is 1. The lowest BCUT2D eigenvalue weighted by Crippen LogP contribution is -2.26. The van der Waals surface area contributed by atoms with Crippen molar-refractivity contribution in [1.29, 1.82) is 0 Å². The number of nitrogens with one attached hydrogen (secondary N) is 1. The molecule has 18 heavy (non-hydrogen) atoms. The van der Waals surface area contributed by atoms with Crippen molar-refractivity contribution in [2.24, 2.45) is 5.92 Å². The van der Waals surface area contributed by atoms with Gasteiger partial charge in [-0.15, -0.1) is 11.6 Å². The number of ether oxygens (including phenoxy) is 1. The Bertz CT molecular complexity index is 371. The maximum Gasteiger partial charge on any atom is 0.218 e. The van der Waals surface area contributed by atoms with Crippen molar-refractivity contribution >= 4 is 17.4 Å². The summed E-state index contributed by atoms with van der Waals surface area (Å²) in [5.74, 6) is 3.25. The zero-order valence-corrected chi connectivity index (χ0v) is 12.3. The first-order valence-electron chi connectivity index (χ1n) is 6.37. The third kappa shape index (κ3) is 4.69. The van der Waals surface area contributed by atoms with Crippen LogP contribution in [0.4, 0.5) is 5.82 Å². The average molecular weight is 272 g/mol. The fourth-order valence-corrected chi connectivity index (χ4v) is 1.95. The number of nitrogens with zero attached hydrogens (tertiary/aromatic N) is 2. The van der Waals surface area contributed by atoms with Gasteiger partial charge in [-0.25, -0.2) is 4.98 Å². The molecule has 0 aromatic carbocycles. The molecule has 5 heteroatoms. The summed E-state index contributed by atoms with van der Waals surface area (Å²) in [6.45, 7) is 8.74. The van der Waals surface area contributed by atoms with Gasteiger partial charge in [0, 0.05) is 18.0 Å². The Morgan fingerprint density at radius 3 is 2.67 bits per heavy atom. The highest BCUT2D eigenvalue weighted by Gasteiger charge is 2.14. The number of halogens is 1. The quantitative estimate of drug-likeness (QED) is 0.774. The van der Waals surface area contributed by atoms with Gasteiger partial charge < -0.3 is 10.1 Å². The SMILES string of the molecule is CCOc1cc(NC(CCCl)C(C)C)nc(C)n1. The van der Waals surface area contributed by atoms with E-state index in [0.29, 0.717) is 36.2 Å². The maximum atomic E-state index is 5.82. The van der Waals surface area contributed by atoms with Crippen LogP contribution in [-0.2, 0) is 0 Å². The standard InChI is InChI=1S/C13H22ClN3O/c1-5-18-13-8-12(15-10(4)16-13)17-11(6-7-14)9(2)3/h8-9,11H,5-7H2,1-4H3,(H,15,16,17). The molecule has 0 fully saturated rings. The van der Waals surface area contributed by atoms with E-state index in [9.17, 15) is 0 Å². The average Bonchev–Trinajstić information content (AvgIpc) is 2.28. The van der Waals surface area contributed by atoms with E-state index < -0.39 is 0 Å². The van der Waals surface area contributed by atoms with Crippen LogP contribution in [0.15, 0.2) is 6.07 Å². The fraction of sp³-hybridized carbons (Fsp3) is 0.692. The number of rotatable bonds is 7. The van der Waals surface area contributed by atoms with Crippen molar-refractivity contribution in [1.82, 2.24) is 9.97 Å². The first-order valence-corrected chi connectivity index (χ1v) is 6.91. The van der Waals surface area contributed by atoms with E-state index in [1.54, 1.807) is 0 Å². The van der Waals surface area contributed by atoms with Crippen molar-refractivity contribution in [3.63, 3.8) is 0 Å². The number of anilines is 1. The molecule has 0 spiro atoms. The van der Waals surface area contributed by atoms with Gasteiger partial charge in [0.1, 0.15) is 11.6 Å². The molecule has 0 saturated carbocycles. The molecular formula is C13H22ClN3O. The van der Waals surface area contributed by atoms with Crippen LogP contribution in [0.3, 0.4) is 0 Å². The second-order valence-corrected chi connectivity index (χ2v) is 4.92. The summed E-state index contributed by atoms with van der Waals surface area (Å²) in [5.41, 5.74) is 0. The molecule has 1 rings (SSSR count). The third-order valence-corrected chi connectivity index (χ3v) is 2.88. The van der Waals surface area contributed by atoms with Crippen molar-refractivity contribution in [2.75, 3.05) is 17.8 Å². The van der Waals surface area contributed by atoms with Gasteiger partial charge in [-0.1, -0.05) is 13.8 Å². The molecule has 4 nitrogen and oxygen atoms in total. The smallest absolute Gasteiger partial charge is 0.218 e. The minimum Gasteiger partial charge on any atom is -0.478 e. The first-order chi connectivity index (χ1) is 8.56. The van der Waals surface area contributed by atoms with E-state index in [1.807, 2.05) is 19.9 Å². The molecule has 0 saturated heterocycles. The molecule has 1 aromatic heterocycles. The van der Waals surface area contributed by atoms with Gasteiger partial charge in [0.15, 0.2) is 0 Å². The van der Waals surface area contributed by atoms with Crippen LogP contribution < -0.4 is 10.1 Å². The van der Waals surface area contributed by atoms with Gasteiger partial charge in [-0.05, 0) is 26.2 Å². The van der Waals surface area contributed by atoms with Crippen LogP contribution in [0.2, 0.25) is 0 Å². The summed E-state index contributed by atoms with van der Waals surface area (Å²) in [4.78, 5) is 8.60. The lowest BCUT2D eigenvalue weighted by Gasteiger charge is -2.22. The van der Waals surface area contributed by atoms with Gasteiger partial charge >= 0.3 is 0 Å². The minimum absolute atomic E-state index is 0.311. The lowest BCUT2D eigenvalue weighted by atomic mass is 10.0. The maximum absolute atomic E-state index is 5.82. The molecule has 1 heterocycles. The van der Waals surface area contributed by atoms with E-state index in [0.717, 1.165) is 12.2 Å². The van der Waals surface area contributed by atoms with Gasteiger partial charge in [-0.3, -0.25) is 0 Å². The summed E-state index contributed by atoms with van der Waals surface area (Å²) < 4.78 is 5.41. The van der Waals surface area contributed by atoms with E-state index in [1.165, 1.54) is 0 Å². The lowest BCUT2D eigenvalue weighted by molar-refractivity contribution is 0.325. The van der Waals surface area contributed by atoms with Crippen molar-refractivity contribution in [2.45, 2.75) is 40.2 Å². The summed E-state index contributed by atoms with van der Waals surface area (Å²) in [6, 6.07) is 2.14. The Kier molecular flexibility index (Phi) is 6.19. The van der Waals surface area contributed by atoms with Crippen LogP contribution >= 0.6 is 11.6 Å². The molecule has 1 atom stereocenters. The normalized spacial score (nSPS) is 12.6. The number of hydrogen-bond donors (Lipinski definition) is 1. The molecule has 0 aliphatic heterocycles. The van der Waals surface area contributed by atoms with Crippen LogP contribution in [0.5, 0.6) is 5.88 Å². The molecule has 0 radical (unpaired) electrons. The Morgan fingerprint density at radius 2 is 2.11 bits per heavy atom. The largest absolute Gasteiger partial charge is 0.478 e. The van der Waals surface area contributed by atoms with Gasteiger partial charge in [0.05, 0.1) is 6.61 Å². The molecule has 0 aliphatic carbocycles. The monoisotopic (exact) mass is 271 g/mol. The fourth-order valence-electron chi connectivity index (χ4n) is 1.72. The molecule has 1 aromatic rings. The molecule has 0 aliphatic rings. The molecule has 1 unspecified atom stereocenters. The minimum atomic E-state index is 0.311. The second-order valence-electron chi connectivity index (χ2n) is 4.54. The van der Waals surface area contributed by atoms with Crippen molar-refractivity contribution in [3.05, 3.63) is 11.9 Å². The van der Waals surface area contributed by atoms with Crippen molar-refractivity contribution < 1.29 is 4.74 Å². The van der Waals surface area contributed by atoms with Crippen LogP contribution in [0, 0.1) is 12.8 Å². The topological polar surface area (TPSA) is 47.0 Å². The van der Waals surface area contributed by atoms with Gasteiger partial charge in [0.25, 0.3) is 0 Å². The van der Waals surface area contributed by atoms with Gasteiger partial charge in [-0.2, -0.15) is 4.98 Å². The molecule has 102 valence electrons. The second kappa shape index (κ2) is 7.41. The highest BCUT2D eigenvalue weighted by molar-refractivity contribution is 6.17. The Labute approximate surface area is 114 Å². The summed E-state index contributed by atoms with van der Waals surface area (Å²) in [7, 11) is 0. The molecular weight excluding hydrogens is 250 g/mol. The number of aryl methyl sites for hydroxylation is 1. The Morgan fingerprint density at radius 1 is 1.39 bits per heavy atom. The van der Waals surface area contributed by atoms with E-state index in [2.05, 4.69) is 29.1 Å². The zero-order chi connectivity index (χ0) is 13.5. The molecule has 0 amide bonds. The highest BCUT2D eigenvalue weighted by Crippen LogP contribution is 2.18. The Hall–Kier alpha value is -1.03. The highest BCUT2D eigenvalue weighted by atomic mass is 35.5. The van der Waals surface area contributed by atoms with Crippen LogP contribution in [0.25, 0.3) is 0 Å². The summed E-state index contributed by atoms with van der Waals surface area (Å²) in [5, 5.41) is 3.40. The van der Waals surface area contributed by atoms with Crippen molar-refractivity contribution in [3.8, 4) is 5.88 Å². The van der Waals surface area contributed by atoms with Gasteiger partial charge in [0.2, 0.25) is 5.88 Å². The summed E-state index contributed by atoms with van der Waals surface area (Å²) in [6.07, 6.45) is 0.909. The first kappa shape index (κ1) is 15.0. The van der Waals surface area contributed by atoms with Crippen LogP contribution in [0.1, 0.15) is 33.0 Å². The van der Waals surface area contributed by atoms with E-state index in [4.69, 9.17) is 16.3 Å². The number of aromatic nitrogens is 2. The summed E-state index contributed by atoms with van der Waals surface area (Å²) >= 11 is 5.82. The molecule has 1 N–H and O–H groups in total. The van der Waals surface area contributed by atoms with Crippen LogP contribution in [-0.4, -0.2) is 28.5 Å². The Balaban J connectivity index is 2.81. The number of hydrogen-bond acceptors (Lipinski definition) is 4. The predicted molar refractivity (Wildman–Crippen MR) is 75.5 cm³/mol. The van der Waals surface area contributed by atoms with E-state index in [-0.39, 0.29) is 0 Å². The third-order valence-electron chi connectivity index (χ3n) is 2.66. The predicted octanol–water partition coefficient (Wildman–Crippen LogP) is 3.25. The zero-order valence-electron chi connectivity index (χ0n) is 11.5. The molecule has 0 bridgehead atoms.